The van der Waals surface area contributed by atoms with Crippen LogP contribution in [0.25, 0.3) is 0 Å². The van der Waals surface area contributed by atoms with E-state index in [9.17, 15) is 0 Å². The molecule has 3 aliphatic rings. The maximum Gasteiger partial charge on any atom is 0.0409 e. The fourth-order valence-corrected chi connectivity index (χ4v) is 4.13. The van der Waals surface area contributed by atoms with Gasteiger partial charge in [0.15, 0.2) is 0 Å². The molecule has 3 atom stereocenters. The molecule has 2 heteroatoms. The van der Waals surface area contributed by atoms with Crippen LogP contribution >= 0.6 is 0 Å². The van der Waals surface area contributed by atoms with Crippen molar-refractivity contribution >= 4 is 0 Å². The van der Waals surface area contributed by atoms with Gasteiger partial charge in [-0.2, -0.15) is 0 Å². The average molecular weight is 208 g/mol. The maximum atomic E-state index is 6.20. The molecule has 1 heterocycles. The summed E-state index contributed by atoms with van der Waals surface area (Å²) in [7, 11) is 0. The minimum Gasteiger partial charge on any atom is -0.323 e. The van der Waals surface area contributed by atoms with Gasteiger partial charge in [0, 0.05) is 25.2 Å². The second-order valence-corrected chi connectivity index (χ2v) is 6.32. The first kappa shape index (κ1) is 10.1. The molecule has 0 spiro atoms. The normalized spacial score (nSPS) is 43.2. The predicted octanol–water partition coefficient (Wildman–Crippen LogP) is 1.85. The molecule has 15 heavy (non-hydrogen) atoms. The molecule has 2 N–H and O–H groups in total. The Morgan fingerprint density at radius 3 is 2.60 bits per heavy atom. The zero-order valence-corrected chi connectivity index (χ0v) is 9.91. The molecule has 0 aromatic heterocycles. The number of hydrogen-bond donors (Lipinski definition) is 1. The van der Waals surface area contributed by atoms with Gasteiger partial charge in [-0.15, -0.1) is 0 Å². The van der Waals surface area contributed by atoms with Crippen molar-refractivity contribution in [2.24, 2.45) is 23.5 Å². The first-order valence-electron chi connectivity index (χ1n) is 6.70. The van der Waals surface area contributed by atoms with Crippen LogP contribution in [0, 0.1) is 17.8 Å². The summed E-state index contributed by atoms with van der Waals surface area (Å²) in [6.07, 6.45) is 7.24. The highest BCUT2D eigenvalue weighted by molar-refractivity contribution is 5.01. The van der Waals surface area contributed by atoms with Crippen LogP contribution in [0.1, 0.15) is 39.0 Å². The summed E-state index contributed by atoms with van der Waals surface area (Å²) in [5.74, 6) is 3.18. The Morgan fingerprint density at radius 2 is 2.07 bits per heavy atom. The van der Waals surface area contributed by atoms with Gasteiger partial charge in [-0.25, -0.2) is 0 Å². The Hall–Kier alpha value is -0.0800. The minimum absolute atomic E-state index is 0.164. The molecule has 0 aromatic carbocycles. The molecule has 1 aliphatic heterocycles. The zero-order valence-electron chi connectivity index (χ0n) is 9.91. The van der Waals surface area contributed by atoms with Gasteiger partial charge in [-0.3, -0.25) is 4.90 Å². The number of fused-ring (bicyclic) bond motifs is 2. The Bertz CT molecular complexity index is 245. The van der Waals surface area contributed by atoms with E-state index >= 15 is 0 Å². The summed E-state index contributed by atoms with van der Waals surface area (Å²) in [5, 5.41) is 0. The van der Waals surface area contributed by atoms with Crippen molar-refractivity contribution in [1.29, 1.82) is 0 Å². The highest BCUT2D eigenvalue weighted by atomic mass is 15.2. The van der Waals surface area contributed by atoms with Gasteiger partial charge >= 0.3 is 0 Å². The summed E-state index contributed by atoms with van der Waals surface area (Å²) in [6, 6.07) is 0. The minimum atomic E-state index is 0.164. The average Bonchev–Trinajstić information content (AvgIpc) is 2.76. The van der Waals surface area contributed by atoms with Gasteiger partial charge in [0.05, 0.1) is 0 Å². The van der Waals surface area contributed by atoms with E-state index < -0.39 is 0 Å². The largest absolute Gasteiger partial charge is 0.323 e. The molecule has 2 nitrogen and oxygen atoms in total. The molecule has 86 valence electrons. The molecule has 1 saturated heterocycles. The fourth-order valence-electron chi connectivity index (χ4n) is 4.13. The Morgan fingerprint density at radius 1 is 1.27 bits per heavy atom. The molecular weight excluding hydrogens is 184 g/mol. The summed E-state index contributed by atoms with van der Waals surface area (Å²) in [6.45, 7) is 5.86. The molecule has 0 radical (unpaired) electrons. The third kappa shape index (κ3) is 1.72. The van der Waals surface area contributed by atoms with Crippen molar-refractivity contribution in [1.82, 2.24) is 4.90 Å². The van der Waals surface area contributed by atoms with E-state index in [1.807, 2.05) is 0 Å². The lowest BCUT2D eigenvalue weighted by Crippen LogP contribution is -2.67. The summed E-state index contributed by atoms with van der Waals surface area (Å²) in [5.41, 5.74) is 6.37. The molecule has 2 saturated carbocycles. The topological polar surface area (TPSA) is 29.3 Å². The molecule has 3 rings (SSSR count). The lowest BCUT2D eigenvalue weighted by atomic mass is 9.84. The van der Waals surface area contributed by atoms with Gasteiger partial charge in [-0.05, 0) is 43.4 Å². The highest BCUT2D eigenvalue weighted by Crippen LogP contribution is 2.48. The Balaban J connectivity index is 1.48. The van der Waals surface area contributed by atoms with Crippen LogP contribution in [0.15, 0.2) is 0 Å². The second kappa shape index (κ2) is 3.46. The van der Waals surface area contributed by atoms with Crippen LogP contribution in [0.4, 0.5) is 0 Å². The first-order valence-corrected chi connectivity index (χ1v) is 6.70. The Labute approximate surface area is 93.2 Å². The van der Waals surface area contributed by atoms with E-state index in [4.69, 9.17) is 5.73 Å². The fraction of sp³-hybridized carbons (Fsp3) is 1.00. The first-order chi connectivity index (χ1) is 7.18. The van der Waals surface area contributed by atoms with Crippen LogP contribution in [0.5, 0.6) is 0 Å². The number of hydrogen-bond acceptors (Lipinski definition) is 2. The molecule has 0 aromatic rings. The van der Waals surface area contributed by atoms with Crippen molar-refractivity contribution in [2.75, 3.05) is 19.6 Å². The second-order valence-electron chi connectivity index (χ2n) is 6.32. The number of likely N-dealkylation sites (tertiary alicyclic amines) is 1. The zero-order chi connectivity index (χ0) is 10.5. The molecule has 3 fully saturated rings. The third-order valence-electron chi connectivity index (χ3n) is 5.16. The summed E-state index contributed by atoms with van der Waals surface area (Å²) >= 11 is 0. The highest BCUT2D eigenvalue weighted by Gasteiger charge is 2.43. The van der Waals surface area contributed by atoms with E-state index in [1.165, 1.54) is 25.8 Å². The molecule has 2 aliphatic carbocycles. The lowest BCUT2D eigenvalue weighted by molar-refractivity contribution is 0.0432. The smallest absolute Gasteiger partial charge is 0.0409 e. The standard InChI is InChI=1S/C13H24N2/c1-2-13(14)8-15(9-13)7-12-6-10-3-4-11(12)5-10/h10-12H,2-9,14H2,1H3. The van der Waals surface area contributed by atoms with Crippen molar-refractivity contribution in [3.63, 3.8) is 0 Å². The SMILES string of the molecule is CCC1(N)CN(CC2CC3CCC2C3)C1. The third-order valence-corrected chi connectivity index (χ3v) is 5.16. The van der Waals surface area contributed by atoms with E-state index in [1.54, 1.807) is 6.42 Å². The maximum absolute atomic E-state index is 6.20. The van der Waals surface area contributed by atoms with Crippen molar-refractivity contribution in [2.45, 2.75) is 44.6 Å². The lowest BCUT2D eigenvalue weighted by Gasteiger charge is -2.49. The van der Waals surface area contributed by atoms with Crippen LogP contribution in [-0.4, -0.2) is 30.1 Å². The number of nitrogens with two attached hydrogens (primary N) is 1. The Kier molecular flexibility index (Phi) is 2.33. The van der Waals surface area contributed by atoms with Crippen molar-refractivity contribution in [3.8, 4) is 0 Å². The van der Waals surface area contributed by atoms with Gasteiger partial charge in [0.25, 0.3) is 0 Å². The van der Waals surface area contributed by atoms with Crippen LogP contribution in [0.3, 0.4) is 0 Å². The molecular formula is C13H24N2. The van der Waals surface area contributed by atoms with Gasteiger partial charge in [0.1, 0.15) is 0 Å². The van der Waals surface area contributed by atoms with Crippen LogP contribution in [-0.2, 0) is 0 Å². The van der Waals surface area contributed by atoms with Gasteiger partial charge < -0.3 is 5.73 Å². The number of rotatable bonds is 3. The quantitative estimate of drug-likeness (QED) is 0.767. The van der Waals surface area contributed by atoms with Crippen LogP contribution in [0.2, 0.25) is 0 Å². The van der Waals surface area contributed by atoms with Gasteiger partial charge in [0.2, 0.25) is 0 Å². The van der Waals surface area contributed by atoms with Crippen LogP contribution < -0.4 is 5.73 Å². The van der Waals surface area contributed by atoms with E-state index in [0.29, 0.717) is 0 Å². The van der Waals surface area contributed by atoms with Crippen molar-refractivity contribution in [3.05, 3.63) is 0 Å². The summed E-state index contributed by atoms with van der Waals surface area (Å²) in [4.78, 5) is 2.59. The summed E-state index contributed by atoms with van der Waals surface area (Å²) < 4.78 is 0. The van der Waals surface area contributed by atoms with Gasteiger partial charge in [-0.1, -0.05) is 13.3 Å². The molecule has 3 unspecified atom stereocenters. The number of nitrogens with zero attached hydrogens (tertiary/aromatic N) is 1. The monoisotopic (exact) mass is 208 g/mol. The van der Waals surface area contributed by atoms with E-state index in [0.717, 1.165) is 37.3 Å². The predicted molar refractivity (Wildman–Crippen MR) is 62.6 cm³/mol. The molecule has 2 bridgehead atoms. The van der Waals surface area contributed by atoms with Crippen molar-refractivity contribution < 1.29 is 0 Å². The molecule has 0 amide bonds. The van der Waals surface area contributed by atoms with E-state index in [2.05, 4.69) is 11.8 Å². The van der Waals surface area contributed by atoms with E-state index in [-0.39, 0.29) is 5.54 Å².